The van der Waals surface area contributed by atoms with Gasteiger partial charge in [0, 0.05) is 30.0 Å². The molecule has 3 heterocycles. The van der Waals surface area contributed by atoms with Crippen LogP contribution in [-0.4, -0.2) is 40.5 Å². The number of carbonyl (C=O) groups excluding carboxylic acids is 1. The number of amides is 1. The van der Waals surface area contributed by atoms with Crippen LogP contribution in [0.2, 0.25) is 5.02 Å². The van der Waals surface area contributed by atoms with Crippen molar-refractivity contribution in [3.63, 3.8) is 0 Å². The zero-order valence-corrected chi connectivity index (χ0v) is 20.0. The number of fused-ring (bicyclic) bond motifs is 3. The van der Waals surface area contributed by atoms with Crippen LogP contribution >= 0.6 is 23.4 Å². The number of benzene rings is 2. The van der Waals surface area contributed by atoms with Crippen molar-refractivity contribution in [3.05, 3.63) is 92.4 Å². The standard InChI is InChI=1S/C22H18ClN3O3S.C3H5F/c1-24-12-26(25-10-9-17(27)20(28)19(25)22(24)29)18-14-6-3-2-5-13(14)11-30-21-15(18)7-4-8-16(21)23;4-3-1-2-3/h2-10,18,28H,11-12H2,1H3;3H,1-2H2. The maximum Gasteiger partial charge on any atom is 0.277 e. The zero-order chi connectivity index (χ0) is 24.0. The minimum atomic E-state index is -0.579. The Kier molecular flexibility index (Phi) is 6.04. The van der Waals surface area contributed by atoms with Gasteiger partial charge >= 0.3 is 0 Å². The van der Waals surface area contributed by atoms with Crippen molar-refractivity contribution in [1.82, 2.24) is 9.58 Å². The maximum absolute atomic E-state index is 12.8. The fraction of sp³-hybridized carbons (Fsp3) is 0.280. The number of hydrogen-bond acceptors (Lipinski definition) is 5. The number of carbonyl (C=O) groups is 1. The first-order valence-electron chi connectivity index (χ1n) is 11.0. The third-order valence-corrected chi connectivity index (χ3v) is 7.68. The molecule has 1 amide bonds. The van der Waals surface area contributed by atoms with Gasteiger partial charge in [0.15, 0.2) is 11.4 Å². The van der Waals surface area contributed by atoms with Gasteiger partial charge in [0.2, 0.25) is 5.43 Å². The minimum absolute atomic E-state index is 0.0331. The summed E-state index contributed by atoms with van der Waals surface area (Å²) in [6.45, 7) is 0.282. The van der Waals surface area contributed by atoms with E-state index in [2.05, 4.69) is 12.1 Å². The largest absolute Gasteiger partial charge is 0.502 e. The van der Waals surface area contributed by atoms with Gasteiger partial charge in [-0.1, -0.05) is 48.0 Å². The maximum atomic E-state index is 12.8. The molecule has 1 aliphatic carbocycles. The van der Waals surface area contributed by atoms with Crippen molar-refractivity contribution >= 4 is 29.3 Å². The third kappa shape index (κ3) is 4.05. The summed E-state index contributed by atoms with van der Waals surface area (Å²) in [7, 11) is 1.66. The first-order valence-corrected chi connectivity index (χ1v) is 12.3. The predicted molar refractivity (Wildman–Crippen MR) is 131 cm³/mol. The highest BCUT2D eigenvalue weighted by Crippen LogP contribution is 2.45. The molecule has 6 rings (SSSR count). The van der Waals surface area contributed by atoms with E-state index >= 15 is 0 Å². The number of nitrogens with zero attached hydrogens (tertiary/aromatic N) is 3. The van der Waals surface area contributed by atoms with Gasteiger partial charge in [-0.15, -0.1) is 11.8 Å². The molecule has 3 aliphatic rings. The van der Waals surface area contributed by atoms with Crippen molar-refractivity contribution in [2.24, 2.45) is 0 Å². The van der Waals surface area contributed by atoms with Crippen molar-refractivity contribution in [3.8, 4) is 5.75 Å². The normalized spacial score (nSPS) is 18.8. The summed E-state index contributed by atoms with van der Waals surface area (Å²) in [4.78, 5) is 27.3. The van der Waals surface area contributed by atoms with Crippen LogP contribution in [0.5, 0.6) is 5.75 Å². The number of halogens is 2. The van der Waals surface area contributed by atoms with Crippen molar-refractivity contribution < 1.29 is 14.3 Å². The molecule has 9 heteroatoms. The van der Waals surface area contributed by atoms with E-state index in [1.165, 1.54) is 16.5 Å². The monoisotopic (exact) mass is 499 g/mol. The summed E-state index contributed by atoms with van der Waals surface area (Å²) in [6, 6.07) is 15.0. The first kappa shape index (κ1) is 22.8. The lowest BCUT2D eigenvalue weighted by Gasteiger charge is -2.43. The van der Waals surface area contributed by atoms with E-state index in [1.807, 2.05) is 35.3 Å². The Balaban J connectivity index is 0.000000547. The van der Waals surface area contributed by atoms with E-state index in [0.29, 0.717) is 5.02 Å². The van der Waals surface area contributed by atoms with Gasteiger partial charge in [-0.3, -0.25) is 19.3 Å². The number of rotatable bonds is 1. The Morgan fingerprint density at radius 1 is 1.06 bits per heavy atom. The Hall–Kier alpha value is -2.97. The number of pyridine rings is 1. The van der Waals surface area contributed by atoms with Gasteiger partial charge in [-0.2, -0.15) is 0 Å². The molecule has 2 aromatic carbocycles. The van der Waals surface area contributed by atoms with Crippen LogP contribution in [0.15, 0.2) is 64.4 Å². The van der Waals surface area contributed by atoms with Crippen molar-refractivity contribution in [2.45, 2.75) is 35.7 Å². The summed E-state index contributed by atoms with van der Waals surface area (Å²) in [5.74, 6) is -0.167. The van der Waals surface area contributed by atoms with Crippen LogP contribution in [0, 0.1) is 0 Å². The summed E-state index contributed by atoms with van der Waals surface area (Å²) < 4.78 is 12.7. The lowest BCUT2D eigenvalue weighted by atomic mass is 9.94. The summed E-state index contributed by atoms with van der Waals surface area (Å²) >= 11 is 8.25. The van der Waals surface area contributed by atoms with E-state index < -0.39 is 23.3 Å². The SMILES string of the molecule is CN1CN(C2c3ccccc3CSc3c(Cl)cccc32)n2ccc(=O)c(O)c2C1=O.FC1CC1. The summed E-state index contributed by atoms with van der Waals surface area (Å²) in [6.07, 6.45) is 2.77. The Morgan fingerprint density at radius 3 is 2.50 bits per heavy atom. The number of aromatic hydroxyl groups is 1. The van der Waals surface area contributed by atoms with Gasteiger partial charge in [0.25, 0.3) is 5.91 Å². The van der Waals surface area contributed by atoms with Crippen LogP contribution in [0.3, 0.4) is 0 Å². The first-order chi connectivity index (χ1) is 16.4. The van der Waals surface area contributed by atoms with E-state index in [-0.39, 0.29) is 18.4 Å². The van der Waals surface area contributed by atoms with E-state index in [9.17, 15) is 19.1 Å². The smallest absolute Gasteiger partial charge is 0.277 e. The second-order valence-corrected chi connectivity index (χ2v) is 9.92. The van der Waals surface area contributed by atoms with Gasteiger partial charge in [0.1, 0.15) is 12.8 Å². The van der Waals surface area contributed by atoms with E-state index in [1.54, 1.807) is 29.7 Å². The molecule has 34 heavy (non-hydrogen) atoms. The molecule has 176 valence electrons. The van der Waals surface area contributed by atoms with Crippen LogP contribution in [0.4, 0.5) is 4.39 Å². The summed E-state index contributed by atoms with van der Waals surface area (Å²) in [5, 5.41) is 13.1. The highest BCUT2D eigenvalue weighted by Gasteiger charge is 2.37. The average Bonchev–Trinajstić information content (AvgIpc) is 3.63. The molecule has 2 aliphatic heterocycles. The highest BCUT2D eigenvalue weighted by molar-refractivity contribution is 7.98. The molecular formula is C25H23ClFN3O3S. The molecule has 1 aromatic heterocycles. The fourth-order valence-electron chi connectivity index (χ4n) is 4.19. The second-order valence-electron chi connectivity index (χ2n) is 8.53. The molecule has 1 atom stereocenters. The predicted octanol–water partition coefficient (Wildman–Crippen LogP) is 4.70. The van der Waals surface area contributed by atoms with Crippen molar-refractivity contribution in [2.75, 3.05) is 18.7 Å². The number of aromatic nitrogens is 1. The lowest BCUT2D eigenvalue weighted by Crippen LogP contribution is -2.54. The van der Waals surface area contributed by atoms with Gasteiger partial charge in [-0.25, -0.2) is 4.39 Å². The number of alkyl halides is 1. The van der Waals surface area contributed by atoms with Gasteiger partial charge in [0.05, 0.1) is 11.1 Å². The van der Waals surface area contributed by atoms with Crippen LogP contribution in [0.25, 0.3) is 0 Å². The molecule has 0 radical (unpaired) electrons. The molecule has 0 saturated heterocycles. The fourth-order valence-corrected chi connectivity index (χ4v) is 5.65. The summed E-state index contributed by atoms with van der Waals surface area (Å²) in [5.41, 5.74) is 2.67. The van der Waals surface area contributed by atoms with E-state index in [0.717, 1.165) is 34.6 Å². The molecule has 6 nitrogen and oxygen atoms in total. The zero-order valence-electron chi connectivity index (χ0n) is 18.4. The highest BCUT2D eigenvalue weighted by atomic mass is 35.5. The number of hydrogen-bond donors (Lipinski definition) is 1. The van der Waals surface area contributed by atoms with Crippen molar-refractivity contribution in [1.29, 1.82) is 0 Å². The number of thioether (sulfide) groups is 1. The Morgan fingerprint density at radius 2 is 1.76 bits per heavy atom. The van der Waals surface area contributed by atoms with Crippen LogP contribution in [-0.2, 0) is 5.75 Å². The Labute approximate surface area is 205 Å². The molecule has 1 unspecified atom stereocenters. The van der Waals surface area contributed by atoms with Crippen LogP contribution < -0.4 is 10.4 Å². The topological polar surface area (TPSA) is 65.8 Å². The average molecular weight is 500 g/mol. The second kappa shape index (κ2) is 9.00. The third-order valence-electron chi connectivity index (χ3n) is 6.06. The lowest BCUT2D eigenvalue weighted by molar-refractivity contribution is 0.0726. The molecule has 1 N–H and O–H groups in total. The minimum Gasteiger partial charge on any atom is -0.502 e. The molecule has 1 fully saturated rings. The Bertz CT molecular complexity index is 1330. The van der Waals surface area contributed by atoms with Gasteiger partial charge in [-0.05, 0) is 35.6 Å². The van der Waals surface area contributed by atoms with E-state index in [4.69, 9.17) is 11.6 Å². The molecule has 0 spiro atoms. The molecule has 3 aromatic rings. The van der Waals surface area contributed by atoms with Gasteiger partial charge < -0.3 is 10.0 Å². The molecular weight excluding hydrogens is 477 g/mol. The quantitative estimate of drug-likeness (QED) is 0.525. The molecule has 0 bridgehead atoms. The molecule has 1 saturated carbocycles. The van der Waals surface area contributed by atoms with Crippen LogP contribution in [0.1, 0.15) is 46.1 Å².